The van der Waals surface area contributed by atoms with Crippen LogP contribution in [0.1, 0.15) is 21.6 Å². The minimum Gasteiger partial charge on any atom is -0.484 e. The summed E-state index contributed by atoms with van der Waals surface area (Å²) in [5, 5.41) is 4.05. The SMILES string of the molecule is Cc1cc(C)cc(OCC(=O)n2ccc(C)n2)c1. The summed E-state index contributed by atoms with van der Waals surface area (Å²) in [6, 6.07) is 7.67. The number of carbonyl (C=O) groups is 1. The van der Waals surface area contributed by atoms with E-state index in [4.69, 9.17) is 4.74 Å². The van der Waals surface area contributed by atoms with Crippen LogP contribution in [0.4, 0.5) is 0 Å². The van der Waals surface area contributed by atoms with E-state index in [1.54, 1.807) is 12.3 Å². The Balaban J connectivity index is 2.01. The van der Waals surface area contributed by atoms with Gasteiger partial charge < -0.3 is 4.74 Å². The lowest BCUT2D eigenvalue weighted by Crippen LogP contribution is -2.19. The lowest BCUT2D eigenvalue weighted by atomic mass is 10.1. The fourth-order valence-electron chi connectivity index (χ4n) is 1.78. The Bertz CT molecular complexity index is 553. The van der Waals surface area contributed by atoms with Crippen LogP contribution in [0.25, 0.3) is 0 Å². The van der Waals surface area contributed by atoms with Crippen molar-refractivity contribution in [3.63, 3.8) is 0 Å². The molecule has 1 heterocycles. The Morgan fingerprint density at radius 3 is 2.44 bits per heavy atom. The van der Waals surface area contributed by atoms with Crippen LogP contribution in [0.2, 0.25) is 0 Å². The summed E-state index contributed by atoms with van der Waals surface area (Å²) in [7, 11) is 0. The second-order valence-electron chi connectivity index (χ2n) is 4.41. The summed E-state index contributed by atoms with van der Waals surface area (Å²) >= 11 is 0. The molecule has 94 valence electrons. The molecule has 0 saturated heterocycles. The maximum absolute atomic E-state index is 11.8. The van der Waals surface area contributed by atoms with Gasteiger partial charge in [0, 0.05) is 6.20 Å². The van der Waals surface area contributed by atoms with Crippen LogP contribution in [0.3, 0.4) is 0 Å². The van der Waals surface area contributed by atoms with E-state index in [0.29, 0.717) is 5.75 Å². The largest absolute Gasteiger partial charge is 0.484 e. The normalized spacial score (nSPS) is 10.4. The van der Waals surface area contributed by atoms with Crippen molar-refractivity contribution in [1.82, 2.24) is 9.78 Å². The van der Waals surface area contributed by atoms with E-state index in [2.05, 4.69) is 11.2 Å². The number of ether oxygens (including phenoxy) is 1. The Morgan fingerprint density at radius 2 is 1.89 bits per heavy atom. The molecule has 0 atom stereocenters. The maximum Gasteiger partial charge on any atom is 0.284 e. The van der Waals surface area contributed by atoms with Crippen molar-refractivity contribution in [1.29, 1.82) is 0 Å². The van der Waals surface area contributed by atoms with Crippen LogP contribution in [-0.4, -0.2) is 22.3 Å². The first-order valence-corrected chi connectivity index (χ1v) is 5.81. The average Bonchev–Trinajstić information content (AvgIpc) is 2.71. The molecule has 2 rings (SSSR count). The van der Waals surface area contributed by atoms with Gasteiger partial charge in [0.25, 0.3) is 5.91 Å². The van der Waals surface area contributed by atoms with E-state index in [0.717, 1.165) is 16.8 Å². The molecule has 4 nitrogen and oxygen atoms in total. The van der Waals surface area contributed by atoms with Crippen LogP contribution in [0.15, 0.2) is 30.5 Å². The molecule has 1 aromatic heterocycles. The van der Waals surface area contributed by atoms with Gasteiger partial charge in [0.2, 0.25) is 0 Å². The molecule has 0 unspecified atom stereocenters. The number of hydrogen-bond acceptors (Lipinski definition) is 3. The van der Waals surface area contributed by atoms with Gasteiger partial charge >= 0.3 is 0 Å². The molecule has 0 aliphatic rings. The van der Waals surface area contributed by atoms with Crippen molar-refractivity contribution in [3.8, 4) is 5.75 Å². The van der Waals surface area contributed by atoms with Crippen molar-refractivity contribution in [3.05, 3.63) is 47.3 Å². The zero-order chi connectivity index (χ0) is 13.1. The van der Waals surface area contributed by atoms with Crippen molar-refractivity contribution in [2.45, 2.75) is 20.8 Å². The Hall–Kier alpha value is -2.10. The van der Waals surface area contributed by atoms with Crippen LogP contribution in [0, 0.1) is 20.8 Å². The molecule has 0 amide bonds. The number of carbonyl (C=O) groups excluding carboxylic acids is 1. The standard InChI is InChI=1S/C14H16N2O2/c1-10-6-11(2)8-13(7-10)18-9-14(17)16-5-4-12(3)15-16/h4-8H,9H2,1-3H3. The molecule has 0 radical (unpaired) electrons. The monoisotopic (exact) mass is 244 g/mol. The first kappa shape index (κ1) is 12.4. The Kier molecular flexibility index (Phi) is 3.46. The second kappa shape index (κ2) is 5.04. The maximum atomic E-state index is 11.8. The Morgan fingerprint density at radius 1 is 1.22 bits per heavy atom. The van der Waals surface area contributed by atoms with Crippen molar-refractivity contribution in [2.75, 3.05) is 6.61 Å². The molecule has 18 heavy (non-hydrogen) atoms. The molecule has 2 aromatic rings. The Labute approximate surface area is 106 Å². The lowest BCUT2D eigenvalue weighted by molar-refractivity contribution is 0.0820. The van der Waals surface area contributed by atoms with Gasteiger partial charge in [-0.3, -0.25) is 4.79 Å². The third-order valence-electron chi connectivity index (χ3n) is 2.54. The number of aromatic nitrogens is 2. The number of rotatable bonds is 3. The number of benzene rings is 1. The van der Waals surface area contributed by atoms with Gasteiger partial charge in [-0.05, 0) is 50.1 Å². The third-order valence-corrected chi connectivity index (χ3v) is 2.54. The summed E-state index contributed by atoms with van der Waals surface area (Å²) in [4.78, 5) is 11.8. The number of nitrogens with zero attached hydrogens (tertiary/aromatic N) is 2. The van der Waals surface area contributed by atoms with Gasteiger partial charge in [-0.25, -0.2) is 4.68 Å². The van der Waals surface area contributed by atoms with Crippen LogP contribution in [-0.2, 0) is 0 Å². The van der Waals surface area contributed by atoms with Gasteiger partial charge in [-0.1, -0.05) is 6.07 Å². The minimum atomic E-state index is -0.178. The third kappa shape index (κ3) is 2.97. The molecule has 0 aliphatic carbocycles. The van der Waals surface area contributed by atoms with Crippen LogP contribution in [0.5, 0.6) is 5.75 Å². The van der Waals surface area contributed by atoms with E-state index in [1.807, 2.05) is 32.9 Å². The van der Waals surface area contributed by atoms with Gasteiger partial charge in [-0.15, -0.1) is 0 Å². The van der Waals surface area contributed by atoms with Crippen LogP contribution >= 0.6 is 0 Å². The number of aryl methyl sites for hydroxylation is 3. The van der Waals surface area contributed by atoms with E-state index < -0.39 is 0 Å². The topological polar surface area (TPSA) is 44.1 Å². The molecule has 1 aromatic carbocycles. The highest BCUT2D eigenvalue weighted by atomic mass is 16.5. The summed E-state index contributed by atoms with van der Waals surface area (Å²) < 4.78 is 6.79. The highest BCUT2D eigenvalue weighted by Gasteiger charge is 2.07. The highest BCUT2D eigenvalue weighted by Crippen LogP contribution is 2.16. The fourth-order valence-corrected chi connectivity index (χ4v) is 1.78. The first-order chi connectivity index (χ1) is 8.54. The number of hydrogen-bond donors (Lipinski definition) is 0. The predicted octanol–water partition coefficient (Wildman–Crippen LogP) is 2.53. The molecule has 0 N–H and O–H groups in total. The van der Waals surface area contributed by atoms with Gasteiger partial charge in [0.1, 0.15) is 5.75 Å². The summed E-state index contributed by atoms with van der Waals surface area (Å²) in [6.45, 7) is 5.83. The second-order valence-corrected chi connectivity index (χ2v) is 4.41. The van der Waals surface area contributed by atoms with Gasteiger partial charge in [-0.2, -0.15) is 5.10 Å². The zero-order valence-electron chi connectivity index (χ0n) is 10.8. The molecule has 0 saturated carbocycles. The average molecular weight is 244 g/mol. The van der Waals surface area contributed by atoms with E-state index in [1.165, 1.54) is 4.68 Å². The summed E-state index contributed by atoms with van der Waals surface area (Å²) in [6.07, 6.45) is 1.64. The smallest absolute Gasteiger partial charge is 0.284 e. The predicted molar refractivity (Wildman–Crippen MR) is 69.0 cm³/mol. The van der Waals surface area contributed by atoms with Gasteiger partial charge in [0.15, 0.2) is 6.61 Å². The molecule has 0 bridgehead atoms. The lowest BCUT2D eigenvalue weighted by Gasteiger charge is -2.07. The zero-order valence-corrected chi connectivity index (χ0v) is 10.8. The van der Waals surface area contributed by atoms with Crippen molar-refractivity contribution < 1.29 is 9.53 Å². The fraction of sp³-hybridized carbons (Fsp3) is 0.286. The minimum absolute atomic E-state index is 0.00991. The molecular formula is C14H16N2O2. The van der Waals surface area contributed by atoms with E-state index >= 15 is 0 Å². The molecule has 0 fully saturated rings. The molecule has 0 spiro atoms. The van der Waals surface area contributed by atoms with Crippen molar-refractivity contribution >= 4 is 5.91 Å². The van der Waals surface area contributed by atoms with Gasteiger partial charge in [0.05, 0.1) is 5.69 Å². The summed E-state index contributed by atoms with van der Waals surface area (Å²) in [5.41, 5.74) is 3.05. The highest BCUT2D eigenvalue weighted by molar-refractivity contribution is 5.79. The van der Waals surface area contributed by atoms with E-state index in [9.17, 15) is 4.79 Å². The quantitative estimate of drug-likeness (QED) is 0.833. The van der Waals surface area contributed by atoms with Crippen molar-refractivity contribution in [2.24, 2.45) is 0 Å². The van der Waals surface area contributed by atoms with E-state index in [-0.39, 0.29) is 12.5 Å². The molecule has 0 aliphatic heterocycles. The summed E-state index contributed by atoms with van der Waals surface area (Å²) in [5.74, 6) is 0.534. The molecular weight excluding hydrogens is 228 g/mol. The molecule has 4 heteroatoms. The first-order valence-electron chi connectivity index (χ1n) is 5.81. The van der Waals surface area contributed by atoms with Crippen LogP contribution < -0.4 is 4.74 Å².